The van der Waals surface area contributed by atoms with Crippen molar-refractivity contribution in [2.45, 2.75) is 0 Å². The van der Waals surface area contributed by atoms with Crippen molar-refractivity contribution < 1.29 is 4.52 Å². The highest BCUT2D eigenvalue weighted by Crippen LogP contribution is 2.00. The second-order valence-corrected chi connectivity index (χ2v) is 1.23. The highest BCUT2D eigenvalue weighted by Gasteiger charge is 1.93. The fraction of sp³-hybridized carbons (Fsp3) is 0. The molecule has 0 aromatic carbocycles. The van der Waals surface area contributed by atoms with Crippen LogP contribution in [0.4, 0.5) is 0 Å². The lowest BCUT2D eigenvalue weighted by Crippen LogP contribution is -1.67. The molecular weight excluding hydrogens is 115 g/mol. The molecule has 4 heteroatoms. The lowest BCUT2D eigenvalue weighted by atomic mass is 10.8. The van der Waals surface area contributed by atoms with Gasteiger partial charge in [0.15, 0.2) is 5.82 Å². The quantitative estimate of drug-likeness (QED) is 0.503. The van der Waals surface area contributed by atoms with Gasteiger partial charge in [-0.05, 0) is 11.6 Å². The monoisotopic (exact) mass is 116 g/mol. The summed E-state index contributed by atoms with van der Waals surface area (Å²) in [4.78, 5) is 3.38. The molecule has 2 radical (unpaired) electrons. The van der Waals surface area contributed by atoms with E-state index in [1.54, 1.807) is 0 Å². The lowest BCUT2D eigenvalue weighted by Gasteiger charge is -1.61. The van der Waals surface area contributed by atoms with Gasteiger partial charge in [-0.15, -0.1) is 0 Å². The molecule has 0 amide bonds. The minimum absolute atomic E-state index is 0.0301. The fourth-order valence-corrected chi connectivity index (χ4v) is 0.336. The molecule has 36 valence electrons. The van der Waals surface area contributed by atoms with Crippen molar-refractivity contribution in [2.24, 2.45) is 0 Å². The summed E-state index contributed by atoms with van der Waals surface area (Å²) in [7, 11) is 0. The Bertz CT molecular complexity index is 145. The van der Waals surface area contributed by atoms with Crippen LogP contribution in [0.25, 0.3) is 0 Å². The van der Waals surface area contributed by atoms with Gasteiger partial charge in [-0.25, -0.2) is 0 Å². The molecule has 0 saturated carbocycles. The third-order valence-corrected chi connectivity index (χ3v) is 0.570. The maximum absolute atomic E-state index is 5.14. The second kappa shape index (κ2) is 1.50. The Hall–Kier alpha value is -0.570. The third-order valence-electron chi connectivity index (χ3n) is 0.417. The van der Waals surface area contributed by atoms with E-state index in [4.69, 9.17) is 18.5 Å². The molecule has 0 fully saturated rings. The predicted molar refractivity (Wildman–Crippen MR) is 22.7 cm³/mol. The van der Waals surface area contributed by atoms with Gasteiger partial charge in [-0.1, -0.05) is 5.16 Å². The Morgan fingerprint density at radius 2 is 2.43 bits per heavy atom. The van der Waals surface area contributed by atoms with Crippen molar-refractivity contribution >= 4 is 11.6 Å². The molecule has 1 aromatic rings. The Labute approximate surface area is 45.3 Å². The average Bonchev–Trinajstić information content (AvgIpc) is 1.87. The highest BCUT2D eigenvalue weighted by molar-refractivity contribution is 6.27. The summed E-state index contributed by atoms with van der Waals surface area (Å²) in [5.41, 5.74) is 0. The smallest absolute Gasteiger partial charge is 0.320 e. The van der Waals surface area contributed by atoms with Crippen LogP contribution < -0.4 is 0 Å². The first kappa shape index (κ1) is 4.59. The first-order valence-corrected chi connectivity index (χ1v) is 1.91. The van der Waals surface area contributed by atoms with Crippen LogP contribution in [0.15, 0.2) is 4.52 Å². The summed E-state index contributed by atoms with van der Waals surface area (Å²) in [6.45, 7) is 4.98. The van der Waals surface area contributed by atoms with Crippen LogP contribution in [0.1, 0.15) is 5.82 Å². The number of halogens is 1. The zero-order chi connectivity index (χ0) is 5.28. The molecule has 0 aliphatic heterocycles. The van der Waals surface area contributed by atoms with Crippen LogP contribution in [0.5, 0.6) is 0 Å². The number of hydrogen-bond acceptors (Lipinski definition) is 3. The molecule has 0 atom stereocenters. The Balaban J connectivity index is 3.04. The van der Waals surface area contributed by atoms with Gasteiger partial charge in [0, 0.05) is 6.92 Å². The molecule has 1 heterocycles. The molecule has 0 unspecified atom stereocenters. The van der Waals surface area contributed by atoms with Gasteiger partial charge in [-0.3, -0.25) is 0 Å². The number of hydrogen-bond donors (Lipinski definition) is 0. The Kier molecular flexibility index (Phi) is 0.982. The van der Waals surface area contributed by atoms with Crippen LogP contribution in [0.2, 0.25) is 5.35 Å². The van der Waals surface area contributed by atoms with E-state index in [0.29, 0.717) is 0 Å². The topological polar surface area (TPSA) is 38.9 Å². The van der Waals surface area contributed by atoms with Crippen molar-refractivity contribution in [3.63, 3.8) is 0 Å². The van der Waals surface area contributed by atoms with Gasteiger partial charge >= 0.3 is 5.35 Å². The van der Waals surface area contributed by atoms with Crippen molar-refractivity contribution in [3.8, 4) is 0 Å². The summed E-state index contributed by atoms with van der Waals surface area (Å²) in [6.07, 6.45) is 0. The van der Waals surface area contributed by atoms with Gasteiger partial charge in [0.1, 0.15) is 0 Å². The van der Waals surface area contributed by atoms with Gasteiger partial charge < -0.3 is 4.52 Å². The first-order valence-electron chi connectivity index (χ1n) is 1.54. The van der Waals surface area contributed by atoms with Crippen LogP contribution in [0.3, 0.4) is 0 Å². The summed E-state index contributed by atoms with van der Waals surface area (Å²) in [6, 6.07) is 0. The molecule has 0 saturated heterocycles. The van der Waals surface area contributed by atoms with E-state index in [0.717, 1.165) is 0 Å². The summed E-state index contributed by atoms with van der Waals surface area (Å²) >= 11 is 5.14. The average molecular weight is 117 g/mol. The van der Waals surface area contributed by atoms with Gasteiger partial charge in [0.05, 0.1) is 0 Å². The first-order chi connectivity index (χ1) is 3.29. The largest absolute Gasteiger partial charge is 0.321 e. The molecule has 1 rings (SSSR count). The van der Waals surface area contributed by atoms with E-state index in [1.165, 1.54) is 0 Å². The molecule has 7 heavy (non-hydrogen) atoms. The zero-order valence-corrected chi connectivity index (χ0v) is 4.01. The van der Waals surface area contributed by atoms with Crippen LogP contribution >= 0.6 is 11.6 Å². The van der Waals surface area contributed by atoms with Crippen LogP contribution in [-0.4, -0.2) is 10.1 Å². The van der Waals surface area contributed by atoms with Crippen molar-refractivity contribution in [1.29, 1.82) is 0 Å². The molecule has 0 N–H and O–H groups in total. The standard InChI is InChI=1S/C3HClN2O/c1-2-5-3(4)7-6-2/h1H. The van der Waals surface area contributed by atoms with Gasteiger partial charge in [0.2, 0.25) is 0 Å². The number of nitrogens with zero attached hydrogens (tertiary/aromatic N) is 2. The normalized spacial score (nSPS) is 9.43. The second-order valence-electron chi connectivity index (χ2n) is 0.906. The zero-order valence-electron chi connectivity index (χ0n) is 3.26. The third kappa shape index (κ3) is 0.899. The highest BCUT2D eigenvalue weighted by atomic mass is 35.5. The Morgan fingerprint density at radius 3 is 2.57 bits per heavy atom. The number of aromatic nitrogens is 2. The summed E-state index contributed by atoms with van der Waals surface area (Å²) in [5.74, 6) is 0.0602. The summed E-state index contributed by atoms with van der Waals surface area (Å²) < 4.78 is 4.24. The summed E-state index contributed by atoms with van der Waals surface area (Å²) in [5, 5.41) is 3.15. The van der Waals surface area contributed by atoms with E-state index in [-0.39, 0.29) is 11.2 Å². The van der Waals surface area contributed by atoms with E-state index >= 15 is 0 Å². The van der Waals surface area contributed by atoms with E-state index in [9.17, 15) is 0 Å². The minimum Gasteiger partial charge on any atom is -0.321 e. The van der Waals surface area contributed by atoms with E-state index in [1.807, 2.05) is 0 Å². The van der Waals surface area contributed by atoms with Crippen molar-refractivity contribution in [1.82, 2.24) is 10.1 Å². The number of rotatable bonds is 0. The van der Waals surface area contributed by atoms with E-state index in [2.05, 4.69) is 14.7 Å². The van der Waals surface area contributed by atoms with Gasteiger partial charge in [0.25, 0.3) is 0 Å². The van der Waals surface area contributed by atoms with Crippen LogP contribution in [-0.2, 0) is 0 Å². The predicted octanol–water partition coefficient (Wildman–Crippen LogP) is 0.782. The fourth-order valence-electron chi connectivity index (χ4n) is 0.215. The molecule has 0 spiro atoms. The Morgan fingerprint density at radius 1 is 1.71 bits per heavy atom. The van der Waals surface area contributed by atoms with Crippen LogP contribution in [0, 0.1) is 6.92 Å². The minimum atomic E-state index is -0.0301. The lowest BCUT2D eigenvalue weighted by molar-refractivity contribution is 0.416. The molecule has 0 aliphatic rings. The maximum atomic E-state index is 5.14. The maximum Gasteiger partial charge on any atom is 0.320 e. The molecule has 3 nitrogen and oxygen atoms in total. The molecule has 1 aromatic heterocycles. The molecule has 0 aliphatic carbocycles. The SMILES string of the molecule is [CH]c1noc(Cl)n1. The van der Waals surface area contributed by atoms with Crippen molar-refractivity contribution in [3.05, 3.63) is 18.1 Å². The molecule has 0 bridgehead atoms. The van der Waals surface area contributed by atoms with Crippen molar-refractivity contribution in [2.75, 3.05) is 0 Å². The van der Waals surface area contributed by atoms with E-state index < -0.39 is 0 Å². The molecular formula is C3HClN2O. The van der Waals surface area contributed by atoms with Gasteiger partial charge in [-0.2, -0.15) is 4.98 Å².